The van der Waals surface area contributed by atoms with Crippen LogP contribution in [0.25, 0.3) is 0 Å². The highest BCUT2D eigenvalue weighted by Gasteiger charge is 2.21. The summed E-state index contributed by atoms with van der Waals surface area (Å²) >= 11 is 0. The Labute approximate surface area is 92.0 Å². The molecule has 4 heteroatoms. The van der Waals surface area contributed by atoms with Gasteiger partial charge in [0.25, 0.3) is 0 Å². The number of hydrogen-bond acceptors (Lipinski definition) is 3. The van der Waals surface area contributed by atoms with E-state index >= 15 is 0 Å². The van der Waals surface area contributed by atoms with Gasteiger partial charge < -0.3 is 15.0 Å². The molecule has 1 aliphatic heterocycles. The first-order chi connectivity index (χ1) is 6.88. The van der Waals surface area contributed by atoms with E-state index in [2.05, 4.69) is 5.32 Å². The molecule has 1 fully saturated rings. The van der Waals surface area contributed by atoms with Crippen molar-refractivity contribution < 1.29 is 9.53 Å². The van der Waals surface area contributed by atoms with Crippen LogP contribution in [0, 0.1) is 0 Å². The Balaban J connectivity index is 2.20. The van der Waals surface area contributed by atoms with E-state index in [4.69, 9.17) is 4.74 Å². The second-order valence-electron chi connectivity index (χ2n) is 5.13. The smallest absolute Gasteiger partial charge is 0.410 e. The zero-order valence-corrected chi connectivity index (χ0v) is 10.2. The summed E-state index contributed by atoms with van der Waals surface area (Å²) in [6.45, 7) is 7.51. The fraction of sp³-hybridized carbons (Fsp3) is 0.909. The molecule has 0 aliphatic carbocycles. The van der Waals surface area contributed by atoms with Crippen molar-refractivity contribution in [3.63, 3.8) is 0 Å². The standard InChI is InChI=1S/C11H22N2O2/c1-11(2,3)15-10(14)13(4)8-6-9-5-7-12-9/h9,12H,5-8H2,1-4H3. The van der Waals surface area contributed by atoms with Gasteiger partial charge in [-0.3, -0.25) is 0 Å². The average Bonchev–Trinajstić information content (AvgIpc) is 1.97. The lowest BCUT2D eigenvalue weighted by atomic mass is 10.0. The van der Waals surface area contributed by atoms with Crippen LogP contribution < -0.4 is 5.32 Å². The van der Waals surface area contributed by atoms with Crippen LogP contribution in [0.4, 0.5) is 4.79 Å². The number of ether oxygens (including phenoxy) is 1. The highest BCUT2D eigenvalue weighted by Crippen LogP contribution is 2.11. The maximum atomic E-state index is 11.6. The predicted octanol–water partition coefficient (Wildman–Crippen LogP) is 1.61. The summed E-state index contributed by atoms with van der Waals surface area (Å²) in [6.07, 6.45) is 2.00. The molecule has 1 aliphatic rings. The zero-order chi connectivity index (χ0) is 11.5. The maximum absolute atomic E-state index is 11.6. The van der Waals surface area contributed by atoms with Crippen LogP contribution in [0.15, 0.2) is 0 Å². The summed E-state index contributed by atoms with van der Waals surface area (Å²) in [7, 11) is 1.78. The molecule has 0 aromatic rings. The summed E-state index contributed by atoms with van der Waals surface area (Å²) in [5.74, 6) is 0. The molecule has 1 amide bonds. The Morgan fingerprint density at radius 1 is 1.53 bits per heavy atom. The van der Waals surface area contributed by atoms with Gasteiger partial charge in [0, 0.05) is 19.6 Å². The third kappa shape index (κ3) is 4.51. The van der Waals surface area contributed by atoms with Crippen LogP contribution in [0.3, 0.4) is 0 Å². The van der Waals surface area contributed by atoms with Crippen molar-refractivity contribution in [3.05, 3.63) is 0 Å². The number of nitrogens with one attached hydrogen (secondary N) is 1. The van der Waals surface area contributed by atoms with Crippen molar-refractivity contribution in [2.45, 2.75) is 45.3 Å². The number of carbonyl (C=O) groups is 1. The van der Waals surface area contributed by atoms with Gasteiger partial charge in [-0.05, 0) is 40.2 Å². The van der Waals surface area contributed by atoms with E-state index in [9.17, 15) is 4.79 Å². The van der Waals surface area contributed by atoms with Gasteiger partial charge in [-0.15, -0.1) is 0 Å². The molecule has 0 aromatic heterocycles. The van der Waals surface area contributed by atoms with Crippen LogP contribution in [0.5, 0.6) is 0 Å². The number of carbonyl (C=O) groups excluding carboxylic acids is 1. The minimum atomic E-state index is -0.403. The summed E-state index contributed by atoms with van der Waals surface area (Å²) < 4.78 is 5.25. The van der Waals surface area contributed by atoms with Crippen LogP contribution in [-0.4, -0.2) is 42.8 Å². The maximum Gasteiger partial charge on any atom is 0.410 e. The minimum absolute atomic E-state index is 0.234. The second-order valence-corrected chi connectivity index (χ2v) is 5.13. The van der Waals surface area contributed by atoms with Crippen molar-refractivity contribution in [2.75, 3.05) is 20.1 Å². The molecule has 0 saturated carbocycles. The van der Waals surface area contributed by atoms with E-state index in [1.807, 2.05) is 20.8 Å². The third-order valence-corrected chi connectivity index (χ3v) is 2.44. The molecule has 1 unspecified atom stereocenters. The Morgan fingerprint density at radius 3 is 2.53 bits per heavy atom. The topological polar surface area (TPSA) is 41.6 Å². The Morgan fingerprint density at radius 2 is 2.13 bits per heavy atom. The van der Waals surface area contributed by atoms with Gasteiger partial charge in [0.05, 0.1) is 0 Å². The van der Waals surface area contributed by atoms with Gasteiger partial charge in [-0.2, -0.15) is 0 Å². The highest BCUT2D eigenvalue weighted by molar-refractivity contribution is 5.67. The molecular formula is C11H22N2O2. The van der Waals surface area contributed by atoms with Crippen LogP contribution in [0.2, 0.25) is 0 Å². The predicted molar refractivity (Wildman–Crippen MR) is 59.9 cm³/mol. The molecule has 1 atom stereocenters. The van der Waals surface area contributed by atoms with Crippen LogP contribution in [-0.2, 0) is 4.74 Å². The lowest BCUT2D eigenvalue weighted by molar-refractivity contribution is 0.0289. The summed E-state index contributed by atoms with van der Waals surface area (Å²) in [6, 6.07) is 0.592. The third-order valence-electron chi connectivity index (χ3n) is 2.44. The Hall–Kier alpha value is -0.770. The first-order valence-corrected chi connectivity index (χ1v) is 5.56. The van der Waals surface area contributed by atoms with E-state index in [1.54, 1.807) is 11.9 Å². The van der Waals surface area contributed by atoms with Crippen molar-refractivity contribution in [3.8, 4) is 0 Å². The molecule has 1 rings (SSSR count). The summed E-state index contributed by atoms with van der Waals surface area (Å²) in [5.41, 5.74) is -0.403. The van der Waals surface area contributed by atoms with E-state index in [0.29, 0.717) is 6.04 Å². The average molecular weight is 214 g/mol. The van der Waals surface area contributed by atoms with Crippen LogP contribution >= 0.6 is 0 Å². The van der Waals surface area contributed by atoms with E-state index < -0.39 is 5.60 Å². The van der Waals surface area contributed by atoms with E-state index in [0.717, 1.165) is 19.5 Å². The number of amides is 1. The fourth-order valence-corrected chi connectivity index (χ4v) is 1.38. The van der Waals surface area contributed by atoms with Crippen molar-refractivity contribution >= 4 is 6.09 Å². The molecule has 4 nitrogen and oxygen atoms in total. The van der Waals surface area contributed by atoms with E-state index in [1.165, 1.54) is 6.42 Å². The monoisotopic (exact) mass is 214 g/mol. The minimum Gasteiger partial charge on any atom is -0.444 e. The molecular weight excluding hydrogens is 192 g/mol. The number of nitrogens with zero attached hydrogens (tertiary/aromatic N) is 1. The van der Waals surface area contributed by atoms with Crippen LogP contribution in [0.1, 0.15) is 33.6 Å². The van der Waals surface area contributed by atoms with Gasteiger partial charge in [-0.25, -0.2) is 4.79 Å². The van der Waals surface area contributed by atoms with Gasteiger partial charge in [0.1, 0.15) is 5.60 Å². The Kier molecular flexibility index (Phi) is 3.97. The lowest BCUT2D eigenvalue weighted by Gasteiger charge is -2.30. The number of rotatable bonds is 3. The van der Waals surface area contributed by atoms with Crippen molar-refractivity contribution in [1.82, 2.24) is 10.2 Å². The molecule has 15 heavy (non-hydrogen) atoms. The zero-order valence-electron chi connectivity index (χ0n) is 10.2. The first-order valence-electron chi connectivity index (χ1n) is 5.56. The highest BCUT2D eigenvalue weighted by atomic mass is 16.6. The molecule has 0 bridgehead atoms. The first kappa shape index (κ1) is 12.3. The van der Waals surface area contributed by atoms with Gasteiger partial charge in [0.15, 0.2) is 0 Å². The summed E-state index contributed by atoms with van der Waals surface area (Å²) in [4.78, 5) is 13.2. The van der Waals surface area contributed by atoms with Gasteiger partial charge in [0.2, 0.25) is 0 Å². The fourth-order valence-electron chi connectivity index (χ4n) is 1.38. The van der Waals surface area contributed by atoms with Gasteiger partial charge >= 0.3 is 6.09 Å². The van der Waals surface area contributed by atoms with Crippen molar-refractivity contribution in [1.29, 1.82) is 0 Å². The molecule has 88 valence electrons. The Bertz CT molecular complexity index is 219. The molecule has 1 saturated heterocycles. The molecule has 0 spiro atoms. The van der Waals surface area contributed by atoms with Crippen molar-refractivity contribution in [2.24, 2.45) is 0 Å². The van der Waals surface area contributed by atoms with Gasteiger partial charge in [-0.1, -0.05) is 0 Å². The quantitative estimate of drug-likeness (QED) is 0.776. The SMILES string of the molecule is CN(CCC1CCN1)C(=O)OC(C)(C)C. The number of hydrogen-bond donors (Lipinski definition) is 1. The molecule has 1 N–H and O–H groups in total. The molecule has 0 radical (unpaired) electrons. The normalized spacial score (nSPS) is 20.7. The largest absolute Gasteiger partial charge is 0.444 e. The second kappa shape index (κ2) is 4.84. The van der Waals surface area contributed by atoms with E-state index in [-0.39, 0.29) is 6.09 Å². The molecule has 1 heterocycles. The lowest BCUT2D eigenvalue weighted by Crippen LogP contribution is -2.45. The summed E-state index contributed by atoms with van der Waals surface area (Å²) in [5, 5.41) is 3.31. The molecule has 0 aromatic carbocycles.